The number of carboxylic acid groups (broad SMARTS) is 2. The van der Waals surface area contributed by atoms with Gasteiger partial charge in [0.1, 0.15) is 36.4 Å². The van der Waals surface area contributed by atoms with E-state index >= 15 is 0 Å². The first-order valence-corrected chi connectivity index (χ1v) is 12.3. The number of alkyl halides is 3. The van der Waals surface area contributed by atoms with Crippen molar-refractivity contribution in [2.75, 3.05) is 13.2 Å². The predicted molar refractivity (Wildman–Crippen MR) is 134 cm³/mol. The summed E-state index contributed by atoms with van der Waals surface area (Å²) >= 11 is 0. The van der Waals surface area contributed by atoms with E-state index in [-0.39, 0.29) is 7.43 Å². The minimum absolute atomic E-state index is 0. The van der Waals surface area contributed by atoms with E-state index in [0.29, 0.717) is 0 Å². The quantitative estimate of drug-likeness (QED) is 0.0839. The molecule has 14 atom stereocenters. The summed E-state index contributed by atoms with van der Waals surface area (Å²) in [5.74, 6) is -10.2. The molecule has 0 aliphatic carbocycles. The van der Waals surface area contributed by atoms with Gasteiger partial charge >= 0.3 is 11.9 Å². The third-order valence-electron chi connectivity index (χ3n) is 7.30. The summed E-state index contributed by atoms with van der Waals surface area (Å²) in [5, 5.41) is 76.0. The van der Waals surface area contributed by atoms with Crippen molar-refractivity contribution in [3.63, 3.8) is 0 Å². The number of nitrogens with two attached hydrogens (primary N) is 3. The lowest BCUT2D eigenvalue weighted by molar-refractivity contribution is -0.550. The van der Waals surface area contributed by atoms with Crippen LogP contribution in [0.5, 0.6) is 0 Å². The van der Waals surface area contributed by atoms with Crippen LogP contribution < -0.4 is 27.3 Å². The standard InChI is InChI=1S/C11H19F2N3O6.C11H20FNO6.CH4/c1-3-5(16-10(14)15)8(12)11(13,9(20)21)22-7(3)6(19)4(18)2-17;1-4-6(13)9(12)11(2,10(17)18)19-8(4)7(16)5(15)3-14;/h3-8,17-19H,2H2,1H3,(H,20,21)(H4,14,15,16);4-9,14-16H,3,13H2,1-2H3,(H,17,18);1H4/t3?,4-,5?,6-,7?,8?,11?;4?,5-,6?,7-,8?,9?,11?;/m11./s1. The van der Waals surface area contributed by atoms with Crippen LogP contribution in [-0.4, -0.2) is 139 Å². The maximum absolute atomic E-state index is 14.3. The van der Waals surface area contributed by atoms with Gasteiger partial charge in [-0.1, -0.05) is 21.3 Å². The topological polar surface area (TPSA) is 309 Å². The van der Waals surface area contributed by atoms with Gasteiger partial charge in [-0.15, -0.1) is 0 Å². The molecule has 0 aromatic carbocycles. The van der Waals surface area contributed by atoms with E-state index in [2.05, 4.69) is 9.73 Å². The first kappa shape index (κ1) is 39.6. The first-order chi connectivity index (χ1) is 18.7. The summed E-state index contributed by atoms with van der Waals surface area (Å²) in [7, 11) is 0. The number of nitrogens with one attached hydrogen (secondary N) is 1. The molecule has 2 heterocycles. The van der Waals surface area contributed by atoms with Crippen LogP contribution in [0, 0.1) is 11.8 Å². The fraction of sp³-hybridized carbons (Fsp3) is 0.870. The number of rotatable bonds is 9. The van der Waals surface area contributed by atoms with Gasteiger partial charge in [0.2, 0.25) is 0 Å². The molecule has 0 aromatic heterocycles. The molecule has 2 rings (SSSR count). The van der Waals surface area contributed by atoms with Crippen LogP contribution in [0.4, 0.5) is 13.2 Å². The molecule has 0 amide bonds. The van der Waals surface area contributed by atoms with E-state index < -0.39 is 115 Å². The molecule has 42 heavy (non-hydrogen) atoms. The fourth-order valence-corrected chi connectivity index (χ4v) is 4.52. The van der Waals surface area contributed by atoms with Gasteiger partial charge in [0.15, 0.2) is 17.9 Å². The number of carbonyl (C=O) groups excluding carboxylic acids is 1. The number of hydrogen-bond donors (Lipinski definition) is 11. The zero-order valence-corrected chi connectivity index (χ0v) is 22.4. The van der Waals surface area contributed by atoms with Crippen LogP contribution in [0.25, 0.3) is 0 Å². The predicted octanol–water partition coefficient (Wildman–Crippen LogP) is -6.91. The highest BCUT2D eigenvalue weighted by Gasteiger charge is 2.59. The van der Waals surface area contributed by atoms with Gasteiger partial charge in [0, 0.05) is 17.9 Å². The lowest BCUT2D eigenvalue weighted by Crippen LogP contribution is -2.91. The molecule has 0 saturated carbocycles. The summed E-state index contributed by atoms with van der Waals surface area (Å²) in [4.78, 5) is 24.2. The van der Waals surface area contributed by atoms with Crippen LogP contribution in [0.3, 0.4) is 0 Å². The molecule has 248 valence electrons. The maximum Gasteiger partial charge on any atom is 0.339 e. The van der Waals surface area contributed by atoms with Gasteiger partial charge in [-0.25, -0.2) is 18.0 Å². The van der Waals surface area contributed by atoms with Crippen molar-refractivity contribution >= 4 is 17.9 Å². The minimum atomic E-state index is -3.89. The monoisotopic (exact) mass is 624 g/mol. The van der Waals surface area contributed by atoms with E-state index in [4.69, 9.17) is 37.3 Å². The second-order valence-electron chi connectivity index (χ2n) is 10.2. The SMILES string of the molecule is C.CC1C(N)C(F)C(C)(C(=O)O)OC1[C@H](O)[C@H](O)CO.CC1C([NH+]=C(N)N)C(F)C(F)(C(=O)[O-])OC1[C@H](O)[C@H](O)CO. The van der Waals surface area contributed by atoms with Crippen molar-refractivity contribution in [3.05, 3.63) is 0 Å². The summed E-state index contributed by atoms with van der Waals surface area (Å²) in [6.45, 7) is 2.17. The second-order valence-corrected chi connectivity index (χ2v) is 10.2. The molecular weight excluding hydrogens is 581 g/mol. The number of carbonyl (C=O) groups is 2. The molecule has 10 unspecified atom stereocenters. The minimum Gasteiger partial charge on any atom is -0.544 e. The van der Waals surface area contributed by atoms with Gasteiger partial charge < -0.3 is 60.9 Å². The zero-order valence-electron chi connectivity index (χ0n) is 22.4. The second kappa shape index (κ2) is 15.4. The van der Waals surface area contributed by atoms with Crippen molar-refractivity contribution < 1.29 is 78.1 Å². The first-order valence-electron chi connectivity index (χ1n) is 12.3. The number of aliphatic hydroxyl groups excluding tert-OH is 6. The van der Waals surface area contributed by atoms with Crippen molar-refractivity contribution in [3.8, 4) is 0 Å². The summed E-state index contributed by atoms with van der Waals surface area (Å²) in [5.41, 5.74) is 13.7. The normalized spacial score (nSPS) is 39.3. The van der Waals surface area contributed by atoms with E-state index in [1.807, 2.05) is 0 Å². The number of hydrogen-bond acceptors (Lipinski definition) is 12. The molecule has 0 spiro atoms. The number of ether oxygens (including phenoxy) is 2. The van der Waals surface area contributed by atoms with Gasteiger partial charge in [-0.3, -0.25) is 16.5 Å². The Bertz CT molecular complexity index is 933. The Kier molecular flexibility index (Phi) is 14.5. The van der Waals surface area contributed by atoms with Gasteiger partial charge in [0.25, 0.3) is 5.85 Å². The Labute approximate surface area is 239 Å². The average molecular weight is 625 g/mol. The molecule has 0 aromatic rings. The van der Waals surface area contributed by atoms with Crippen LogP contribution in [0.1, 0.15) is 28.2 Å². The third-order valence-corrected chi connectivity index (χ3v) is 7.30. The van der Waals surface area contributed by atoms with Crippen LogP contribution in [0.15, 0.2) is 0 Å². The molecular formula is C23H43F3N4O12. The molecule has 2 aliphatic rings. The Morgan fingerprint density at radius 1 is 0.952 bits per heavy atom. The van der Waals surface area contributed by atoms with Crippen molar-refractivity contribution in [1.82, 2.24) is 0 Å². The molecule has 0 radical (unpaired) electrons. The summed E-state index contributed by atoms with van der Waals surface area (Å²) < 4.78 is 52.1. The fourth-order valence-electron chi connectivity index (χ4n) is 4.52. The van der Waals surface area contributed by atoms with Gasteiger partial charge in [0.05, 0.1) is 25.4 Å². The van der Waals surface area contributed by atoms with E-state index in [0.717, 1.165) is 6.92 Å². The van der Waals surface area contributed by atoms with Gasteiger partial charge in [-0.2, -0.15) is 0 Å². The Hall–Kier alpha value is -2.36. The highest BCUT2D eigenvalue weighted by molar-refractivity contribution is 5.78. The molecule has 2 fully saturated rings. The van der Waals surface area contributed by atoms with E-state index in [1.165, 1.54) is 13.8 Å². The number of aliphatic hydroxyl groups is 6. The van der Waals surface area contributed by atoms with Crippen molar-refractivity contribution in [2.45, 2.75) is 101 Å². The number of aliphatic carboxylic acids is 2. The molecule has 0 bridgehead atoms. The highest BCUT2D eigenvalue weighted by atomic mass is 19.2. The van der Waals surface area contributed by atoms with Crippen LogP contribution in [0.2, 0.25) is 0 Å². The van der Waals surface area contributed by atoms with E-state index in [9.17, 15) is 48.3 Å². The Morgan fingerprint density at radius 2 is 1.38 bits per heavy atom. The largest absolute Gasteiger partial charge is 0.544 e. The van der Waals surface area contributed by atoms with Crippen LogP contribution >= 0.6 is 0 Å². The average Bonchev–Trinajstić information content (AvgIpc) is 2.92. The number of guanidine groups is 1. The third kappa shape index (κ3) is 7.97. The lowest BCUT2D eigenvalue weighted by Gasteiger charge is -2.47. The molecule has 16 nitrogen and oxygen atoms in total. The molecule has 2 saturated heterocycles. The lowest BCUT2D eigenvalue weighted by atomic mass is 9.79. The molecule has 14 N–H and O–H groups in total. The maximum atomic E-state index is 14.3. The van der Waals surface area contributed by atoms with E-state index in [1.54, 1.807) is 0 Å². The van der Waals surface area contributed by atoms with Gasteiger partial charge in [-0.05, 0) is 6.92 Å². The Morgan fingerprint density at radius 3 is 1.74 bits per heavy atom. The highest BCUT2D eigenvalue weighted by Crippen LogP contribution is 2.37. The summed E-state index contributed by atoms with van der Waals surface area (Å²) in [6.07, 6.45) is -14.3. The number of halogens is 3. The Balaban J connectivity index is 0.000000790. The summed E-state index contributed by atoms with van der Waals surface area (Å²) in [6, 6.07) is -2.74. The van der Waals surface area contributed by atoms with Crippen molar-refractivity contribution in [2.24, 2.45) is 29.0 Å². The smallest absolute Gasteiger partial charge is 0.339 e. The van der Waals surface area contributed by atoms with Crippen molar-refractivity contribution in [1.29, 1.82) is 0 Å². The van der Waals surface area contributed by atoms with Crippen LogP contribution in [-0.2, 0) is 19.1 Å². The molecule has 19 heteroatoms. The molecule has 2 aliphatic heterocycles. The zero-order chi connectivity index (χ0) is 32.2. The number of carboxylic acids is 2.